The molecule has 0 bridgehead atoms. The van der Waals surface area contributed by atoms with E-state index in [1.807, 2.05) is 32.0 Å². The van der Waals surface area contributed by atoms with Gasteiger partial charge in [0.1, 0.15) is 11.3 Å². The van der Waals surface area contributed by atoms with E-state index in [0.717, 1.165) is 5.56 Å². The van der Waals surface area contributed by atoms with E-state index in [2.05, 4.69) is 4.98 Å². The number of aliphatic hydroxyl groups is 1. The number of hydrogen-bond donors (Lipinski definition) is 1. The van der Waals surface area contributed by atoms with Crippen LogP contribution in [0.2, 0.25) is 0 Å². The number of likely N-dealkylation sites (tertiary alicyclic amines) is 1. The highest BCUT2D eigenvalue weighted by Gasteiger charge is 2.46. The van der Waals surface area contributed by atoms with Gasteiger partial charge in [0.05, 0.1) is 22.2 Å². The van der Waals surface area contributed by atoms with Crippen molar-refractivity contribution in [2.24, 2.45) is 0 Å². The van der Waals surface area contributed by atoms with Gasteiger partial charge in [0.15, 0.2) is 5.76 Å². The first-order valence-corrected chi connectivity index (χ1v) is 10.7. The molecule has 34 heavy (non-hydrogen) atoms. The summed E-state index contributed by atoms with van der Waals surface area (Å²) in [4.78, 5) is 44.9. The maximum Gasteiger partial charge on any atom is 0.295 e. The van der Waals surface area contributed by atoms with Gasteiger partial charge in [-0.05, 0) is 45.1 Å². The fourth-order valence-electron chi connectivity index (χ4n) is 4.30. The van der Waals surface area contributed by atoms with Gasteiger partial charge >= 0.3 is 0 Å². The van der Waals surface area contributed by atoms with Crippen LogP contribution in [0.5, 0.6) is 0 Å². The second kappa shape index (κ2) is 8.71. The summed E-state index contributed by atoms with van der Waals surface area (Å²) in [5, 5.41) is 22.8. The molecule has 1 aliphatic heterocycles. The average molecular weight is 463 g/mol. The van der Waals surface area contributed by atoms with E-state index in [1.54, 1.807) is 29.7 Å². The van der Waals surface area contributed by atoms with Gasteiger partial charge in [0.2, 0.25) is 0 Å². The molecule has 1 amide bonds. The Kier molecular flexibility index (Phi) is 5.92. The van der Waals surface area contributed by atoms with Crippen molar-refractivity contribution in [3.8, 4) is 0 Å². The maximum atomic E-state index is 13.2. The zero-order valence-electron chi connectivity index (χ0n) is 19.3. The number of carbonyl (C=O) groups excluding carboxylic acids is 2. The van der Waals surface area contributed by atoms with Gasteiger partial charge in [-0.1, -0.05) is 18.2 Å². The molecule has 4 rings (SSSR count). The molecule has 0 spiro atoms. The molecule has 0 radical (unpaired) electrons. The van der Waals surface area contributed by atoms with Gasteiger partial charge in [0.25, 0.3) is 17.4 Å². The molecule has 1 N–H and O–H groups in total. The van der Waals surface area contributed by atoms with Crippen molar-refractivity contribution in [1.29, 1.82) is 0 Å². The van der Waals surface area contributed by atoms with E-state index in [9.17, 15) is 24.8 Å². The van der Waals surface area contributed by atoms with Crippen molar-refractivity contribution < 1.29 is 19.6 Å². The second-order valence-corrected chi connectivity index (χ2v) is 8.58. The molecule has 3 aromatic rings. The number of aryl methyl sites for hydroxylation is 2. The molecule has 0 saturated carbocycles. The van der Waals surface area contributed by atoms with E-state index in [4.69, 9.17) is 0 Å². The van der Waals surface area contributed by atoms with E-state index in [-0.39, 0.29) is 23.6 Å². The number of Topliss-reactive ketones (excluding diaryl/α,β-unsaturated/α-hetero) is 1. The van der Waals surface area contributed by atoms with Crippen molar-refractivity contribution in [2.45, 2.75) is 19.9 Å². The molecule has 2 aromatic heterocycles. The highest BCUT2D eigenvalue weighted by atomic mass is 16.6. The van der Waals surface area contributed by atoms with Crippen LogP contribution in [0.1, 0.15) is 28.6 Å². The highest BCUT2D eigenvalue weighted by molar-refractivity contribution is 6.46. The van der Waals surface area contributed by atoms with Crippen molar-refractivity contribution >= 4 is 28.8 Å². The van der Waals surface area contributed by atoms with Crippen LogP contribution in [0.3, 0.4) is 0 Å². The molecular formula is C24H25N5O5. The van der Waals surface area contributed by atoms with E-state index >= 15 is 0 Å². The number of benzene rings is 1. The first kappa shape index (κ1) is 23.1. The number of rotatable bonds is 6. The van der Waals surface area contributed by atoms with Crippen LogP contribution < -0.4 is 0 Å². The molecule has 10 nitrogen and oxygen atoms in total. The van der Waals surface area contributed by atoms with Crippen LogP contribution in [-0.4, -0.2) is 68.1 Å². The molecule has 3 heterocycles. The Labute approximate surface area is 195 Å². The zero-order chi connectivity index (χ0) is 24.7. The number of aliphatic hydroxyl groups excluding tert-OH is 1. The monoisotopic (exact) mass is 463 g/mol. The number of nitro groups is 1. The molecule has 1 atom stereocenters. The van der Waals surface area contributed by atoms with Gasteiger partial charge in [-0.2, -0.15) is 0 Å². The first-order valence-electron chi connectivity index (χ1n) is 10.7. The average Bonchev–Trinajstić information content (AvgIpc) is 3.26. The lowest BCUT2D eigenvalue weighted by atomic mass is 9.96. The Bertz CT molecular complexity index is 1360. The third-order valence-corrected chi connectivity index (χ3v) is 5.97. The summed E-state index contributed by atoms with van der Waals surface area (Å²) in [6.45, 7) is 4.26. The number of nitro benzene ring substituents is 1. The predicted octanol–water partition coefficient (Wildman–Crippen LogP) is 2.84. The number of non-ortho nitro benzene ring substituents is 1. The summed E-state index contributed by atoms with van der Waals surface area (Å²) < 4.78 is 1.68. The molecule has 1 aliphatic rings. The lowest BCUT2D eigenvalue weighted by Crippen LogP contribution is -2.35. The first-order chi connectivity index (χ1) is 16.1. The lowest BCUT2D eigenvalue weighted by Gasteiger charge is -2.26. The largest absolute Gasteiger partial charge is 0.505 e. The van der Waals surface area contributed by atoms with E-state index in [1.165, 1.54) is 23.1 Å². The van der Waals surface area contributed by atoms with Crippen LogP contribution in [0.15, 0.2) is 48.2 Å². The number of fused-ring (bicyclic) bond motifs is 1. The summed E-state index contributed by atoms with van der Waals surface area (Å²) in [7, 11) is 3.67. The Morgan fingerprint density at radius 3 is 2.62 bits per heavy atom. The Morgan fingerprint density at radius 1 is 1.21 bits per heavy atom. The van der Waals surface area contributed by atoms with Crippen LogP contribution in [0, 0.1) is 24.0 Å². The van der Waals surface area contributed by atoms with Crippen LogP contribution in [-0.2, 0) is 9.59 Å². The van der Waals surface area contributed by atoms with Crippen molar-refractivity contribution in [1.82, 2.24) is 19.2 Å². The molecule has 1 saturated heterocycles. The topological polar surface area (TPSA) is 121 Å². The van der Waals surface area contributed by atoms with Gasteiger partial charge in [0, 0.05) is 31.4 Å². The third kappa shape index (κ3) is 3.81. The summed E-state index contributed by atoms with van der Waals surface area (Å²) in [6.07, 6.45) is 1.72. The summed E-state index contributed by atoms with van der Waals surface area (Å²) in [6, 6.07) is 8.50. The number of nitrogens with zero attached hydrogens (tertiary/aromatic N) is 5. The molecule has 176 valence electrons. The lowest BCUT2D eigenvalue weighted by molar-refractivity contribution is -0.384. The Morgan fingerprint density at radius 2 is 1.94 bits per heavy atom. The third-order valence-electron chi connectivity index (χ3n) is 5.97. The number of pyridine rings is 1. The fourth-order valence-corrected chi connectivity index (χ4v) is 4.30. The molecule has 0 aliphatic carbocycles. The minimum atomic E-state index is -0.977. The fraction of sp³-hybridized carbons (Fsp3) is 0.292. The number of amides is 1. The van der Waals surface area contributed by atoms with Crippen LogP contribution in [0.4, 0.5) is 5.69 Å². The SMILES string of the molecule is Cc1nc2c(C)cccn2c1C(O)=C1C(=O)C(=O)N(CCN(C)C)[C@H]1c1cccc([N+](=O)[O-])c1. The van der Waals surface area contributed by atoms with E-state index < -0.39 is 22.7 Å². The van der Waals surface area contributed by atoms with Gasteiger partial charge < -0.3 is 14.9 Å². The number of imidazole rings is 1. The molecule has 0 unspecified atom stereocenters. The Balaban J connectivity index is 1.96. The van der Waals surface area contributed by atoms with Crippen molar-refractivity contribution in [3.05, 3.63) is 80.8 Å². The number of ketones is 1. The van der Waals surface area contributed by atoms with Gasteiger partial charge in [-0.3, -0.25) is 24.1 Å². The minimum absolute atomic E-state index is 0.115. The van der Waals surface area contributed by atoms with Crippen molar-refractivity contribution in [3.63, 3.8) is 0 Å². The summed E-state index contributed by atoms with van der Waals surface area (Å²) >= 11 is 0. The normalized spacial score (nSPS) is 17.8. The highest BCUT2D eigenvalue weighted by Crippen LogP contribution is 2.40. The van der Waals surface area contributed by atoms with Crippen LogP contribution >= 0.6 is 0 Å². The number of aromatic nitrogens is 2. The van der Waals surface area contributed by atoms with Crippen LogP contribution in [0.25, 0.3) is 11.4 Å². The number of carbonyl (C=O) groups is 2. The minimum Gasteiger partial charge on any atom is -0.505 e. The summed E-state index contributed by atoms with van der Waals surface area (Å²) in [5.74, 6) is -1.96. The quantitative estimate of drug-likeness (QED) is 0.196. The molecule has 1 aromatic carbocycles. The predicted molar refractivity (Wildman–Crippen MR) is 125 cm³/mol. The second-order valence-electron chi connectivity index (χ2n) is 8.58. The standard InChI is InChI=1S/C24H25N5O5/c1-14-7-6-10-27-19(15(2)25-23(14)27)21(30)18-20(16-8-5-9-17(13-16)29(33)34)28(12-11-26(3)4)24(32)22(18)31/h5-10,13,20,30H,11-12H2,1-4H3/t20-/m0/s1. The number of hydrogen-bond acceptors (Lipinski definition) is 7. The summed E-state index contributed by atoms with van der Waals surface area (Å²) in [5.41, 5.74) is 2.38. The molecule has 1 fully saturated rings. The van der Waals surface area contributed by atoms with Gasteiger partial charge in [-0.15, -0.1) is 0 Å². The van der Waals surface area contributed by atoms with Gasteiger partial charge in [-0.25, -0.2) is 4.98 Å². The smallest absolute Gasteiger partial charge is 0.295 e. The maximum absolute atomic E-state index is 13.2. The number of likely N-dealkylation sites (N-methyl/N-ethyl adjacent to an activating group) is 1. The van der Waals surface area contributed by atoms with E-state index in [0.29, 0.717) is 29.1 Å². The molecule has 10 heteroatoms. The zero-order valence-corrected chi connectivity index (χ0v) is 19.3. The Hall–Kier alpha value is -4.05. The van der Waals surface area contributed by atoms with Crippen molar-refractivity contribution in [2.75, 3.05) is 27.2 Å². The molecular weight excluding hydrogens is 438 g/mol.